The summed E-state index contributed by atoms with van der Waals surface area (Å²) in [5, 5.41) is 14.0. The molecule has 25 heavy (non-hydrogen) atoms. The fourth-order valence-electron chi connectivity index (χ4n) is 3.45. The van der Waals surface area contributed by atoms with Crippen LogP contribution >= 0.6 is 0 Å². The number of nitrogens with one attached hydrogen (secondary N) is 1. The highest BCUT2D eigenvalue weighted by Crippen LogP contribution is 2.20. The predicted octanol–water partition coefficient (Wildman–Crippen LogP) is 1.60. The summed E-state index contributed by atoms with van der Waals surface area (Å²) in [6.45, 7) is 6.93. The minimum absolute atomic E-state index is 0.0199. The van der Waals surface area contributed by atoms with Crippen molar-refractivity contribution in [1.29, 1.82) is 0 Å². The summed E-state index contributed by atoms with van der Waals surface area (Å²) in [7, 11) is 2.12. The highest BCUT2D eigenvalue weighted by atomic mass is 16.2. The summed E-state index contributed by atoms with van der Waals surface area (Å²) in [4.78, 5) is 17.3. The van der Waals surface area contributed by atoms with Crippen molar-refractivity contribution in [3.05, 3.63) is 29.8 Å². The summed E-state index contributed by atoms with van der Waals surface area (Å²) in [6, 6.07) is 8.35. The number of aromatic amines is 1. The van der Waals surface area contributed by atoms with Gasteiger partial charge >= 0.3 is 0 Å². The van der Waals surface area contributed by atoms with E-state index in [9.17, 15) is 4.79 Å². The first-order valence-corrected chi connectivity index (χ1v) is 8.90. The van der Waals surface area contributed by atoms with Crippen LogP contribution in [0.1, 0.15) is 25.8 Å². The SMILES string of the molecule is CCC1CN(C)CCN1C(=O)C(C)Cc1ccc(-c2nn[nH]n2)cc1. The number of aromatic nitrogens is 4. The molecule has 1 aliphatic rings. The Morgan fingerprint density at radius 3 is 2.72 bits per heavy atom. The molecule has 1 amide bonds. The Labute approximate surface area is 148 Å². The number of carbonyl (C=O) groups excluding carboxylic acids is 1. The van der Waals surface area contributed by atoms with E-state index in [0.717, 1.165) is 43.6 Å². The molecule has 2 heterocycles. The molecule has 2 atom stereocenters. The number of carbonyl (C=O) groups is 1. The first-order chi connectivity index (χ1) is 12.1. The number of hydrogen-bond donors (Lipinski definition) is 1. The number of piperazine rings is 1. The standard InChI is InChI=1S/C18H26N6O/c1-4-16-12-23(3)9-10-24(16)18(25)13(2)11-14-5-7-15(8-6-14)17-19-21-22-20-17/h5-8,13,16H,4,9-12H2,1-3H3,(H,19,20,21,22). The van der Waals surface area contributed by atoms with Crippen LogP contribution in [0.15, 0.2) is 24.3 Å². The first-order valence-electron chi connectivity index (χ1n) is 8.90. The van der Waals surface area contributed by atoms with Gasteiger partial charge in [0.2, 0.25) is 11.7 Å². The van der Waals surface area contributed by atoms with Crippen molar-refractivity contribution in [2.24, 2.45) is 5.92 Å². The number of nitrogens with zero attached hydrogens (tertiary/aromatic N) is 5. The normalized spacial score (nSPS) is 19.8. The maximum Gasteiger partial charge on any atom is 0.226 e. The molecule has 7 heteroatoms. The molecule has 1 aromatic carbocycles. The molecule has 0 spiro atoms. The summed E-state index contributed by atoms with van der Waals surface area (Å²) in [6.07, 6.45) is 1.75. The Kier molecular flexibility index (Phi) is 5.43. The van der Waals surface area contributed by atoms with Gasteiger partial charge in [-0.2, -0.15) is 5.21 Å². The van der Waals surface area contributed by atoms with Crippen molar-refractivity contribution < 1.29 is 4.79 Å². The molecule has 134 valence electrons. The quantitative estimate of drug-likeness (QED) is 0.893. The molecule has 3 rings (SSSR count). The van der Waals surface area contributed by atoms with Crippen molar-refractivity contribution in [2.45, 2.75) is 32.7 Å². The number of amides is 1. The summed E-state index contributed by atoms with van der Waals surface area (Å²) >= 11 is 0. The lowest BCUT2D eigenvalue weighted by molar-refractivity contribution is -0.139. The van der Waals surface area contributed by atoms with E-state index in [0.29, 0.717) is 11.9 Å². The Hall–Kier alpha value is -2.28. The van der Waals surface area contributed by atoms with Crippen LogP contribution in [0.2, 0.25) is 0 Å². The number of hydrogen-bond acceptors (Lipinski definition) is 5. The van der Waals surface area contributed by atoms with Gasteiger partial charge in [0.25, 0.3) is 0 Å². The van der Waals surface area contributed by atoms with E-state index in [4.69, 9.17) is 0 Å². The van der Waals surface area contributed by atoms with Crippen LogP contribution in [-0.2, 0) is 11.2 Å². The van der Waals surface area contributed by atoms with Crippen LogP contribution in [0.3, 0.4) is 0 Å². The molecule has 7 nitrogen and oxygen atoms in total. The molecule has 1 aromatic heterocycles. The third-order valence-electron chi connectivity index (χ3n) is 4.96. The second kappa shape index (κ2) is 7.74. The largest absolute Gasteiger partial charge is 0.337 e. The number of likely N-dealkylation sites (N-methyl/N-ethyl adjacent to an activating group) is 1. The average Bonchev–Trinajstić information content (AvgIpc) is 3.16. The molecule has 1 saturated heterocycles. The zero-order valence-corrected chi connectivity index (χ0v) is 15.1. The Morgan fingerprint density at radius 2 is 2.08 bits per heavy atom. The van der Waals surface area contributed by atoms with Gasteiger partial charge in [-0.3, -0.25) is 4.79 Å². The van der Waals surface area contributed by atoms with Gasteiger partial charge < -0.3 is 9.80 Å². The number of rotatable bonds is 5. The first kappa shape index (κ1) is 17.5. The molecule has 1 fully saturated rings. The average molecular weight is 342 g/mol. The van der Waals surface area contributed by atoms with E-state index >= 15 is 0 Å². The maximum atomic E-state index is 12.9. The number of H-pyrrole nitrogens is 1. The fraction of sp³-hybridized carbons (Fsp3) is 0.556. The smallest absolute Gasteiger partial charge is 0.226 e. The second-order valence-corrected chi connectivity index (χ2v) is 6.89. The van der Waals surface area contributed by atoms with E-state index < -0.39 is 0 Å². The van der Waals surface area contributed by atoms with Gasteiger partial charge in [0.15, 0.2) is 0 Å². The van der Waals surface area contributed by atoms with Gasteiger partial charge in [0.05, 0.1) is 0 Å². The molecular formula is C18H26N6O. The monoisotopic (exact) mass is 342 g/mol. The van der Waals surface area contributed by atoms with E-state index in [1.807, 2.05) is 31.2 Å². The Balaban J connectivity index is 1.63. The van der Waals surface area contributed by atoms with Crippen LogP contribution in [0.4, 0.5) is 0 Å². The van der Waals surface area contributed by atoms with Gasteiger partial charge in [0.1, 0.15) is 0 Å². The molecule has 0 bridgehead atoms. The highest BCUT2D eigenvalue weighted by molar-refractivity contribution is 5.79. The van der Waals surface area contributed by atoms with Crippen LogP contribution in [0, 0.1) is 5.92 Å². The third kappa shape index (κ3) is 4.04. The second-order valence-electron chi connectivity index (χ2n) is 6.89. The molecule has 0 aliphatic carbocycles. The van der Waals surface area contributed by atoms with Crippen molar-refractivity contribution in [3.8, 4) is 11.4 Å². The van der Waals surface area contributed by atoms with Crippen molar-refractivity contribution in [1.82, 2.24) is 30.4 Å². The van der Waals surface area contributed by atoms with E-state index in [1.54, 1.807) is 0 Å². The molecule has 1 aliphatic heterocycles. The van der Waals surface area contributed by atoms with Crippen LogP contribution < -0.4 is 0 Å². The minimum Gasteiger partial charge on any atom is -0.337 e. The zero-order chi connectivity index (χ0) is 17.8. The molecule has 2 unspecified atom stereocenters. The van der Waals surface area contributed by atoms with E-state index in [2.05, 4.69) is 44.4 Å². The van der Waals surface area contributed by atoms with Gasteiger partial charge in [0, 0.05) is 37.2 Å². The lowest BCUT2D eigenvalue weighted by Crippen LogP contribution is -2.55. The number of benzene rings is 1. The van der Waals surface area contributed by atoms with Crippen molar-refractivity contribution in [2.75, 3.05) is 26.7 Å². The lowest BCUT2D eigenvalue weighted by atomic mass is 9.97. The molecule has 2 aromatic rings. The van der Waals surface area contributed by atoms with Crippen molar-refractivity contribution in [3.63, 3.8) is 0 Å². The Bertz CT molecular complexity index is 684. The van der Waals surface area contributed by atoms with E-state index in [-0.39, 0.29) is 11.8 Å². The van der Waals surface area contributed by atoms with Gasteiger partial charge in [-0.25, -0.2) is 0 Å². The minimum atomic E-state index is -0.0199. The maximum absolute atomic E-state index is 12.9. The summed E-state index contributed by atoms with van der Waals surface area (Å²) in [5.74, 6) is 0.828. The van der Waals surface area contributed by atoms with Gasteiger partial charge in [-0.15, -0.1) is 10.2 Å². The lowest BCUT2D eigenvalue weighted by Gasteiger charge is -2.41. The molecule has 1 N–H and O–H groups in total. The van der Waals surface area contributed by atoms with Crippen LogP contribution in [0.5, 0.6) is 0 Å². The highest BCUT2D eigenvalue weighted by Gasteiger charge is 2.30. The van der Waals surface area contributed by atoms with Crippen LogP contribution in [0.25, 0.3) is 11.4 Å². The zero-order valence-electron chi connectivity index (χ0n) is 15.1. The molecule has 0 radical (unpaired) electrons. The van der Waals surface area contributed by atoms with Crippen LogP contribution in [-0.4, -0.2) is 69.1 Å². The number of tetrazole rings is 1. The van der Waals surface area contributed by atoms with Gasteiger partial charge in [-0.05, 0) is 30.7 Å². The molecular weight excluding hydrogens is 316 g/mol. The Morgan fingerprint density at radius 1 is 1.32 bits per heavy atom. The third-order valence-corrected chi connectivity index (χ3v) is 4.96. The topological polar surface area (TPSA) is 78.0 Å². The summed E-state index contributed by atoms with van der Waals surface area (Å²) < 4.78 is 0. The fourth-order valence-corrected chi connectivity index (χ4v) is 3.45. The molecule has 0 saturated carbocycles. The summed E-state index contributed by atoms with van der Waals surface area (Å²) in [5.41, 5.74) is 2.07. The van der Waals surface area contributed by atoms with Gasteiger partial charge in [-0.1, -0.05) is 38.1 Å². The predicted molar refractivity (Wildman–Crippen MR) is 95.8 cm³/mol. The van der Waals surface area contributed by atoms with Crippen molar-refractivity contribution >= 4 is 5.91 Å². The van der Waals surface area contributed by atoms with E-state index in [1.165, 1.54) is 0 Å².